The van der Waals surface area contributed by atoms with Gasteiger partial charge in [-0.1, -0.05) is 71.5 Å². The van der Waals surface area contributed by atoms with Gasteiger partial charge in [0.1, 0.15) is 0 Å². The maximum atomic E-state index is 11.8. The summed E-state index contributed by atoms with van der Waals surface area (Å²) in [7, 11) is 0. The van der Waals surface area contributed by atoms with Crippen molar-refractivity contribution in [2.45, 2.75) is 28.4 Å². The minimum Gasteiger partial charge on any atom is -0.392 e. The van der Waals surface area contributed by atoms with Crippen LogP contribution < -0.4 is 5.69 Å². The van der Waals surface area contributed by atoms with Crippen molar-refractivity contribution in [2.24, 2.45) is 0 Å². The fourth-order valence-electron chi connectivity index (χ4n) is 2.10. The molecule has 0 bridgehead atoms. The smallest absolute Gasteiger partial charge is 0.349 e. The Bertz CT molecular complexity index is 915. The van der Waals surface area contributed by atoms with E-state index in [2.05, 4.69) is 15.0 Å². The number of aliphatic hydroxyl groups is 1. The number of aliphatic hydroxyl groups excluding tert-OH is 1. The molecular weight excluding hydrogens is 390 g/mol. The van der Waals surface area contributed by atoms with Gasteiger partial charge in [-0.2, -0.15) is 9.97 Å². The van der Waals surface area contributed by atoms with Crippen LogP contribution in [0, 0.1) is 0 Å². The first kappa shape index (κ1) is 19.0. The van der Waals surface area contributed by atoms with Gasteiger partial charge in [0, 0.05) is 16.5 Å². The Hall–Kier alpha value is -1.80. The number of benzene rings is 2. The average molecular weight is 406 g/mol. The molecule has 2 aromatic carbocycles. The molecule has 0 aliphatic carbocycles. The third kappa shape index (κ3) is 5.60. The first-order chi connectivity index (χ1) is 12.6. The number of rotatable bonds is 7. The molecule has 3 aromatic rings. The van der Waals surface area contributed by atoms with Gasteiger partial charge in [0.15, 0.2) is 10.3 Å². The Kier molecular flexibility index (Phi) is 6.73. The van der Waals surface area contributed by atoms with Gasteiger partial charge < -0.3 is 5.11 Å². The van der Waals surface area contributed by atoms with Crippen molar-refractivity contribution >= 4 is 35.1 Å². The van der Waals surface area contributed by atoms with Crippen LogP contribution in [0.15, 0.2) is 63.6 Å². The molecule has 0 saturated carbocycles. The van der Waals surface area contributed by atoms with Crippen LogP contribution >= 0.6 is 35.1 Å². The molecule has 1 heterocycles. The standard InChI is InChI=1S/C18H16ClN3O2S2/c19-15-7-5-14(6-8-15)11-26-18-21-16(24)20-17(22-18)25-10-13-3-1-12(9-23)2-4-13/h1-8,23H,9-11H2,(H,20,21,22,24). The van der Waals surface area contributed by atoms with Crippen molar-refractivity contribution in [3.63, 3.8) is 0 Å². The van der Waals surface area contributed by atoms with Crippen LogP contribution in [0.25, 0.3) is 0 Å². The molecule has 26 heavy (non-hydrogen) atoms. The lowest BCUT2D eigenvalue weighted by Crippen LogP contribution is -2.13. The van der Waals surface area contributed by atoms with Crippen LogP contribution in [0.4, 0.5) is 0 Å². The Morgan fingerprint density at radius 2 is 1.46 bits per heavy atom. The van der Waals surface area contributed by atoms with Gasteiger partial charge in [0.05, 0.1) is 6.61 Å². The van der Waals surface area contributed by atoms with E-state index in [-0.39, 0.29) is 6.61 Å². The van der Waals surface area contributed by atoms with E-state index in [1.165, 1.54) is 23.5 Å². The van der Waals surface area contributed by atoms with Gasteiger partial charge in [-0.3, -0.25) is 4.98 Å². The number of hydrogen-bond acceptors (Lipinski definition) is 6. The van der Waals surface area contributed by atoms with Crippen molar-refractivity contribution in [3.8, 4) is 0 Å². The van der Waals surface area contributed by atoms with Crippen LogP contribution in [-0.4, -0.2) is 20.1 Å². The highest BCUT2D eigenvalue weighted by Crippen LogP contribution is 2.23. The quantitative estimate of drug-likeness (QED) is 0.580. The van der Waals surface area contributed by atoms with Gasteiger partial charge >= 0.3 is 5.69 Å². The van der Waals surface area contributed by atoms with E-state index in [0.717, 1.165) is 16.7 Å². The maximum absolute atomic E-state index is 11.8. The van der Waals surface area contributed by atoms with E-state index < -0.39 is 5.69 Å². The number of hydrogen-bond donors (Lipinski definition) is 2. The molecule has 0 aliphatic heterocycles. The lowest BCUT2D eigenvalue weighted by Gasteiger charge is -2.04. The molecule has 0 fully saturated rings. The predicted molar refractivity (Wildman–Crippen MR) is 106 cm³/mol. The average Bonchev–Trinajstić information content (AvgIpc) is 2.66. The Balaban J connectivity index is 1.62. The molecule has 0 spiro atoms. The summed E-state index contributed by atoms with van der Waals surface area (Å²) in [5, 5.41) is 10.7. The van der Waals surface area contributed by atoms with E-state index >= 15 is 0 Å². The third-order valence-corrected chi connectivity index (χ3v) is 5.59. The second kappa shape index (κ2) is 9.23. The highest BCUT2D eigenvalue weighted by Gasteiger charge is 2.06. The summed E-state index contributed by atoms with van der Waals surface area (Å²) in [4.78, 5) is 22.8. The lowest BCUT2D eigenvalue weighted by molar-refractivity contribution is 0.282. The predicted octanol–water partition coefficient (Wildman–Crippen LogP) is 3.90. The fourth-order valence-corrected chi connectivity index (χ4v) is 3.88. The van der Waals surface area contributed by atoms with E-state index in [1.54, 1.807) is 0 Å². The van der Waals surface area contributed by atoms with Crippen LogP contribution in [0.5, 0.6) is 0 Å². The summed E-state index contributed by atoms with van der Waals surface area (Å²) in [5.74, 6) is 1.33. The van der Waals surface area contributed by atoms with Crippen LogP contribution in [0.1, 0.15) is 16.7 Å². The minimum atomic E-state index is -0.406. The van der Waals surface area contributed by atoms with Crippen LogP contribution in [0.3, 0.4) is 0 Å². The molecule has 0 amide bonds. The highest BCUT2D eigenvalue weighted by molar-refractivity contribution is 7.99. The first-order valence-electron chi connectivity index (χ1n) is 7.79. The molecule has 3 rings (SSSR count). The number of aromatic amines is 1. The lowest BCUT2D eigenvalue weighted by atomic mass is 10.2. The molecule has 5 nitrogen and oxygen atoms in total. The zero-order valence-electron chi connectivity index (χ0n) is 13.7. The molecule has 134 valence electrons. The SMILES string of the molecule is O=c1nc(SCc2ccc(Cl)cc2)nc(SCc2ccc(CO)cc2)[nH]1. The second-order valence-electron chi connectivity index (χ2n) is 5.42. The Morgan fingerprint density at radius 3 is 2.12 bits per heavy atom. The first-order valence-corrected chi connectivity index (χ1v) is 10.1. The van der Waals surface area contributed by atoms with E-state index in [0.29, 0.717) is 26.8 Å². The normalized spacial score (nSPS) is 10.8. The van der Waals surface area contributed by atoms with Gasteiger partial charge in [-0.25, -0.2) is 4.79 Å². The van der Waals surface area contributed by atoms with E-state index in [4.69, 9.17) is 16.7 Å². The zero-order valence-corrected chi connectivity index (χ0v) is 16.1. The number of nitrogens with one attached hydrogen (secondary N) is 1. The van der Waals surface area contributed by atoms with Crippen molar-refractivity contribution < 1.29 is 5.11 Å². The van der Waals surface area contributed by atoms with Crippen molar-refractivity contribution in [1.82, 2.24) is 15.0 Å². The van der Waals surface area contributed by atoms with Crippen molar-refractivity contribution in [2.75, 3.05) is 0 Å². The molecule has 0 unspecified atom stereocenters. The number of halogens is 1. The number of H-pyrrole nitrogens is 1. The van der Waals surface area contributed by atoms with Gasteiger partial charge in [0.2, 0.25) is 0 Å². The molecular formula is C18H16ClN3O2S2. The monoisotopic (exact) mass is 405 g/mol. The topological polar surface area (TPSA) is 78.9 Å². The molecule has 0 radical (unpaired) electrons. The summed E-state index contributed by atoms with van der Waals surface area (Å²) in [5.41, 5.74) is 2.63. The van der Waals surface area contributed by atoms with Gasteiger partial charge in [-0.15, -0.1) is 0 Å². The molecule has 1 aromatic heterocycles. The molecule has 0 saturated heterocycles. The summed E-state index contributed by atoms with van der Waals surface area (Å²) in [6.45, 7) is 0.0286. The largest absolute Gasteiger partial charge is 0.392 e. The van der Waals surface area contributed by atoms with Crippen molar-refractivity contribution in [1.29, 1.82) is 0 Å². The molecule has 0 atom stereocenters. The molecule has 0 aliphatic rings. The van der Waals surface area contributed by atoms with Crippen LogP contribution in [0.2, 0.25) is 5.02 Å². The van der Waals surface area contributed by atoms with Crippen LogP contribution in [-0.2, 0) is 18.1 Å². The highest BCUT2D eigenvalue weighted by atomic mass is 35.5. The number of nitrogens with zero attached hydrogens (tertiary/aromatic N) is 2. The number of aromatic nitrogens is 3. The Labute approximate surface area is 164 Å². The second-order valence-corrected chi connectivity index (χ2v) is 7.76. The third-order valence-electron chi connectivity index (χ3n) is 3.47. The number of thioether (sulfide) groups is 2. The summed E-state index contributed by atoms with van der Waals surface area (Å²) in [6, 6.07) is 15.2. The molecule has 2 N–H and O–H groups in total. The zero-order chi connectivity index (χ0) is 18.4. The summed E-state index contributed by atoms with van der Waals surface area (Å²) < 4.78 is 0. The fraction of sp³-hybridized carbons (Fsp3) is 0.167. The minimum absolute atomic E-state index is 0.0286. The van der Waals surface area contributed by atoms with E-state index in [9.17, 15) is 4.79 Å². The van der Waals surface area contributed by atoms with E-state index in [1.807, 2.05) is 48.5 Å². The summed E-state index contributed by atoms with van der Waals surface area (Å²) in [6.07, 6.45) is 0. The van der Waals surface area contributed by atoms with Crippen molar-refractivity contribution in [3.05, 3.63) is 80.7 Å². The maximum Gasteiger partial charge on any atom is 0.349 e. The van der Waals surface area contributed by atoms with Gasteiger partial charge in [-0.05, 0) is 28.8 Å². The Morgan fingerprint density at radius 1 is 0.885 bits per heavy atom. The van der Waals surface area contributed by atoms with Gasteiger partial charge in [0.25, 0.3) is 0 Å². The molecule has 8 heteroatoms. The summed E-state index contributed by atoms with van der Waals surface area (Å²) >= 11 is 8.73.